The summed E-state index contributed by atoms with van der Waals surface area (Å²) >= 11 is 0. The molecule has 1 heterocycles. The molecule has 0 radical (unpaired) electrons. The van der Waals surface area contributed by atoms with Gasteiger partial charge in [-0.25, -0.2) is 0 Å². The van der Waals surface area contributed by atoms with Crippen LogP contribution in [0, 0.1) is 11.8 Å². The Morgan fingerprint density at radius 2 is 2.05 bits per heavy atom. The maximum Gasteiger partial charge on any atom is 0.317 e. The van der Waals surface area contributed by atoms with Gasteiger partial charge in [-0.15, -0.1) is 0 Å². The molecule has 3 N–H and O–H groups in total. The fraction of sp³-hybridized carbons (Fsp3) is 0.800. The fourth-order valence-electron chi connectivity index (χ4n) is 3.26. The third-order valence-corrected chi connectivity index (χ3v) is 4.85. The highest BCUT2D eigenvalue weighted by Gasteiger charge is 2.39. The van der Waals surface area contributed by atoms with Crippen molar-refractivity contribution in [1.82, 2.24) is 15.5 Å². The van der Waals surface area contributed by atoms with E-state index in [1.165, 1.54) is 12.8 Å². The molecule has 122 valence electrons. The van der Waals surface area contributed by atoms with E-state index in [0.29, 0.717) is 12.5 Å². The van der Waals surface area contributed by atoms with E-state index in [1.807, 2.05) is 4.90 Å². The summed E-state index contributed by atoms with van der Waals surface area (Å²) in [5.74, 6) is -0.516. The highest BCUT2D eigenvalue weighted by atomic mass is 16.4. The van der Waals surface area contributed by atoms with Crippen LogP contribution in [0.1, 0.15) is 32.1 Å². The van der Waals surface area contributed by atoms with Gasteiger partial charge in [-0.05, 0) is 31.6 Å². The first-order valence-corrected chi connectivity index (χ1v) is 8.04. The normalized spacial score (nSPS) is 30.8. The summed E-state index contributed by atoms with van der Waals surface area (Å²) in [6, 6.07) is 0.369. The van der Waals surface area contributed by atoms with Gasteiger partial charge in [-0.3, -0.25) is 19.3 Å². The van der Waals surface area contributed by atoms with Gasteiger partial charge in [0.2, 0.25) is 11.8 Å². The molecule has 22 heavy (non-hydrogen) atoms. The van der Waals surface area contributed by atoms with Gasteiger partial charge < -0.3 is 15.7 Å². The van der Waals surface area contributed by atoms with Gasteiger partial charge in [0, 0.05) is 31.6 Å². The lowest BCUT2D eigenvalue weighted by molar-refractivity contribution is -0.140. The van der Waals surface area contributed by atoms with Crippen molar-refractivity contribution in [2.45, 2.75) is 44.2 Å². The zero-order valence-electron chi connectivity index (χ0n) is 12.6. The van der Waals surface area contributed by atoms with Crippen LogP contribution in [0.25, 0.3) is 0 Å². The van der Waals surface area contributed by atoms with E-state index in [2.05, 4.69) is 10.6 Å². The number of carboxylic acid groups (broad SMARTS) is 1. The first kappa shape index (κ1) is 15.3. The number of amides is 2. The van der Waals surface area contributed by atoms with Crippen molar-refractivity contribution in [3.05, 3.63) is 0 Å². The second-order valence-electron chi connectivity index (χ2n) is 6.80. The minimum absolute atomic E-state index is 0.0613. The smallest absolute Gasteiger partial charge is 0.317 e. The molecule has 7 nitrogen and oxygen atoms in total. The van der Waals surface area contributed by atoms with E-state index in [9.17, 15) is 14.4 Å². The lowest BCUT2D eigenvalue weighted by atomic mass is 9.84. The summed E-state index contributed by atoms with van der Waals surface area (Å²) in [4.78, 5) is 36.2. The molecule has 2 aliphatic carbocycles. The van der Waals surface area contributed by atoms with Gasteiger partial charge in [-0.2, -0.15) is 0 Å². The number of carbonyl (C=O) groups is 3. The second kappa shape index (κ2) is 6.24. The molecule has 0 aromatic carbocycles. The number of rotatable bonds is 7. The molecule has 2 amide bonds. The Morgan fingerprint density at radius 3 is 2.59 bits per heavy atom. The third kappa shape index (κ3) is 3.76. The molecule has 1 atom stereocenters. The Labute approximate surface area is 129 Å². The molecule has 1 unspecified atom stereocenters. The Morgan fingerprint density at radius 1 is 1.32 bits per heavy atom. The Bertz CT molecular complexity index is 471. The van der Waals surface area contributed by atoms with Crippen LogP contribution in [-0.2, 0) is 14.4 Å². The van der Waals surface area contributed by atoms with Crippen molar-refractivity contribution in [1.29, 1.82) is 0 Å². The number of carbonyl (C=O) groups excluding carboxylic acids is 2. The van der Waals surface area contributed by atoms with Crippen molar-refractivity contribution >= 4 is 17.8 Å². The summed E-state index contributed by atoms with van der Waals surface area (Å²) in [6.45, 7) is 1.37. The van der Waals surface area contributed by atoms with E-state index in [1.54, 1.807) is 0 Å². The van der Waals surface area contributed by atoms with Crippen molar-refractivity contribution in [2.24, 2.45) is 11.8 Å². The predicted molar refractivity (Wildman–Crippen MR) is 78.0 cm³/mol. The van der Waals surface area contributed by atoms with Crippen molar-refractivity contribution < 1.29 is 19.5 Å². The number of hydrogen-bond acceptors (Lipinski definition) is 4. The summed E-state index contributed by atoms with van der Waals surface area (Å²) in [7, 11) is 0. The van der Waals surface area contributed by atoms with Crippen molar-refractivity contribution in [2.75, 3.05) is 19.6 Å². The van der Waals surface area contributed by atoms with Crippen molar-refractivity contribution in [3.8, 4) is 0 Å². The summed E-state index contributed by atoms with van der Waals surface area (Å²) in [5.41, 5.74) is 0. The molecular weight excluding hydrogens is 286 g/mol. The molecule has 3 aliphatic rings. The number of carboxylic acids is 1. The van der Waals surface area contributed by atoms with E-state index in [-0.39, 0.29) is 42.8 Å². The highest BCUT2D eigenvalue weighted by Crippen LogP contribution is 2.33. The molecule has 7 heteroatoms. The number of hydrogen-bond donors (Lipinski definition) is 3. The van der Waals surface area contributed by atoms with Crippen LogP contribution >= 0.6 is 0 Å². The van der Waals surface area contributed by atoms with Gasteiger partial charge in [0.05, 0.1) is 12.5 Å². The third-order valence-electron chi connectivity index (χ3n) is 4.85. The molecule has 0 spiro atoms. The minimum atomic E-state index is -0.788. The van der Waals surface area contributed by atoms with Crippen molar-refractivity contribution in [3.63, 3.8) is 0 Å². The van der Waals surface area contributed by atoms with E-state index in [4.69, 9.17) is 5.11 Å². The zero-order valence-corrected chi connectivity index (χ0v) is 12.6. The summed E-state index contributed by atoms with van der Waals surface area (Å²) in [6.07, 6.45) is 4.28. The molecule has 2 saturated carbocycles. The molecule has 3 fully saturated rings. The molecule has 0 aromatic rings. The van der Waals surface area contributed by atoms with Gasteiger partial charge in [-0.1, -0.05) is 0 Å². The Hall–Kier alpha value is -1.63. The molecule has 0 aromatic heterocycles. The monoisotopic (exact) mass is 309 g/mol. The SMILES string of the molecule is O=C(O)CN(CC1CC1)C1CC(NC(=O)C2CNC(=O)C2)C1. The molecular formula is C15H23N3O4. The first-order chi connectivity index (χ1) is 10.5. The second-order valence-corrected chi connectivity index (χ2v) is 6.80. The van der Waals surface area contributed by atoms with E-state index >= 15 is 0 Å². The largest absolute Gasteiger partial charge is 0.480 e. The average Bonchev–Trinajstić information content (AvgIpc) is 3.10. The molecule has 0 bridgehead atoms. The maximum atomic E-state index is 12.0. The van der Waals surface area contributed by atoms with Crippen LogP contribution in [-0.4, -0.2) is 59.5 Å². The van der Waals surface area contributed by atoms with Crippen LogP contribution in [0.4, 0.5) is 0 Å². The lowest BCUT2D eigenvalue weighted by Crippen LogP contribution is -2.56. The molecule has 3 rings (SSSR count). The first-order valence-electron chi connectivity index (χ1n) is 8.04. The van der Waals surface area contributed by atoms with E-state index in [0.717, 1.165) is 19.4 Å². The fourth-order valence-corrected chi connectivity index (χ4v) is 3.26. The summed E-state index contributed by atoms with van der Waals surface area (Å²) < 4.78 is 0. The van der Waals surface area contributed by atoms with Crippen LogP contribution in [0.5, 0.6) is 0 Å². The standard InChI is InChI=1S/C15H23N3O4/c19-13-3-10(6-16-13)15(22)17-11-4-12(5-11)18(8-14(20)21)7-9-1-2-9/h9-12H,1-8H2,(H,16,19)(H,17,22)(H,20,21). The van der Waals surface area contributed by atoms with Crippen LogP contribution < -0.4 is 10.6 Å². The minimum Gasteiger partial charge on any atom is -0.480 e. The predicted octanol–water partition coefficient (Wildman–Crippen LogP) is -0.434. The molecule has 1 aliphatic heterocycles. The Balaban J connectivity index is 1.42. The number of aliphatic carboxylic acids is 1. The van der Waals surface area contributed by atoms with Gasteiger partial charge in [0.15, 0.2) is 0 Å². The molecule has 1 saturated heterocycles. The quantitative estimate of drug-likeness (QED) is 0.592. The lowest BCUT2D eigenvalue weighted by Gasteiger charge is -2.43. The van der Waals surface area contributed by atoms with Gasteiger partial charge in [0.25, 0.3) is 0 Å². The topological polar surface area (TPSA) is 98.7 Å². The van der Waals surface area contributed by atoms with Gasteiger partial charge in [0.1, 0.15) is 0 Å². The van der Waals surface area contributed by atoms with Crippen LogP contribution in [0.15, 0.2) is 0 Å². The van der Waals surface area contributed by atoms with E-state index < -0.39 is 5.97 Å². The average molecular weight is 309 g/mol. The van der Waals surface area contributed by atoms with Crippen LogP contribution in [0.3, 0.4) is 0 Å². The number of nitrogens with zero attached hydrogens (tertiary/aromatic N) is 1. The zero-order chi connectivity index (χ0) is 15.7. The number of nitrogens with one attached hydrogen (secondary N) is 2. The van der Waals surface area contributed by atoms with Crippen LogP contribution in [0.2, 0.25) is 0 Å². The Kier molecular flexibility index (Phi) is 4.33. The maximum absolute atomic E-state index is 12.0. The van der Waals surface area contributed by atoms with Gasteiger partial charge >= 0.3 is 5.97 Å². The highest BCUT2D eigenvalue weighted by molar-refractivity contribution is 5.89. The summed E-state index contributed by atoms with van der Waals surface area (Å²) in [5, 5.41) is 14.7.